The summed E-state index contributed by atoms with van der Waals surface area (Å²) < 4.78 is 0. The van der Waals surface area contributed by atoms with Gasteiger partial charge in [-0.3, -0.25) is 4.79 Å². The molecule has 4 N–H and O–H groups in total. The molecule has 0 aliphatic heterocycles. The van der Waals surface area contributed by atoms with Gasteiger partial charge in [0.2, 0.25) is 0 Å². The van der Waals surface area contributed by atoms with Gasteiger partial charge in [-0.2, -0.15) is 0 Å². The summed E-state index contributed by atoms with van der Waals surface area (Å²) in [6.45, 7) is 5.29. The van der Waals surface area contributed by atoms with E-state index in [-0.39, 0.29) is 6.54 Å². The number of nitrogens with two attached hydrogens (primary N) is 1. The van der Waals surface area contributed by atoms with Crippen LogP contribution in [0, 0.1) is 0 Å². The lowest BCUT2D eigenvalue weighted by Gasteiger charge is -1.94. The average molecular weight is 162 g/mol. The number of carbonyl (C=O) groups is 1. The molecule has 4 heteroatoms. The molecule has 0 heterocycles. The monoisotopic (exact) mass is 162 g/mol. The van der Waals surface area contributed by atoms with Crippen LogP contribution in [0.2, 0.25) is 0 Å². The Balaban J connectivity index is 0. The molecule has 0 aliphatic rings. The van der Waals surface area contributed by atoms with Crippen molar-refractivity contribution in [1.29, 1.82) is 0 Å². The summed E-state index contributed by atoms with van der Waals surface area (Å²) in [5, 5.41) is 10.6. The van der Waals surface area contributed by atoms with Crippen LogP contribution in [0.3, 0.4) is 0 Å². The lowest BCUT2D eigenvalue weighted by Crippen LogP contribution is -2.27. The van der Waals surface area contributed by atoms with E-state index in [0.717, 1.165) is 0 Å². The van der Waals surface area contributed by atoms with Crippen molar-refractivity contribution in [3.8, 4) is 0 Å². The molecule has 0 saturated carbocycles. The summed E-state index contributed by atoms with van der Waals surface area (Å²) in [4.78, 5) is 9.77. The molecule has 0 spiro atoms. The van der Waals surface area contributed by atoms with Crippen LogP contribution in [-0.4, -0.2) is 30.7 Å². The summed E-state index contributed by atoms with van der Waals surface area (Å²) in [7, 11) is 0. The van der Waals surface area contributed by atoms with Crippen molar-refractivity contribution in [3.05, 3.63) is 0 Å². The Kier molecular flexibility index (Phi) is 14.3. The molecular weight excluding hydrogens is 144 g/mol. The first-order valence-corrected chi connectivity index (χ1v) is 3.81. The van der Waals surface area contributed by atoms with E-state index in [1.54, 1.807) is 0 Å². The van der Waals surface area contributed by atoms with Crippen LogP contribution in [0.5, 0.6) is 0 Å². The molecule has 0 aromatic rings. The number of carboxylic acid groups (broad SMARTS) is 1. The minimum atomic E-state index is -0.849. The van der Waals surface area contributed by atoms with Crippen molar-refractivity contribution in [2.75, 3.05) is 19.6 Å². The van der Waals surface area contributed by atoms with E-state index >= 15 is 0 Å². The van der Waals surface area contributed by atoms with Gasteiger partial charge in [0.1, 0.15) is 0 Å². The smallest absolute Gasteiger partial charge is 0.317 e. The Morgan fingerprint density at radius 2 is 2.00 bits per heavy atom. The predicted molar refractivity (Wildman–Crippen MR) is 45.5 cm³/mol. The fraction of sp³-hybridized carbons (Fsp3) is 0.857. The Hall–Kier alpha value is -0.610. The third-order valence-electron chi connectivity index (χ3n) is 0.597. The molecule has 4 nitrogen and oxygen atoms in total. The van der Waals surface area contributed by atoms with Gasteiger partial charge in [0.25, 0.3) is 0 Å². The molecule has 0 amide bonds. The molecule has 0 saturated heterocycles. The molecule has 0 unspecified atom stereocenters. The first kappa shape index (κ1) is 13.0. The average Bonchev–Trinajstić information content (AvgIpc) is 1.89. The molecule has 11 heavy (non-hydrogen) atoms. The topological polar surface area (TPSA) is 75.3 Å². The highest BCUT2D eigenvalue weighted by Crippen LogP contribution is 1.57. The van der Waals surface area contributed by atoms with Gasteiger partial charge in [0, 0.05) is 13.1 Å². The molecule has 0 atom stereocenters. The first-order chi connectivity index (χ1) is 5.18. The molecule has 68 valence electrons. The largest absolute Gasteiger partial charge is 0.480 e. The van der Waals surface area contributed by atoms with Crippen molar-refractivity contribution < 1.29 is 9.90 Å². The summed E-state index contributed by atoms with van der Waals surface area (Å²) in [5.41, 5.74) is 5.06. The van der Waals surface area contributed by atoms with Gasteiger partial charge in [0.05, 0.1) is 6.54 Å². The summed E-state index contributed by atoms with van der Waals surface area (Å²) in [6.07, 6.45) is 1.25. The molecule has 0 aromatic heterocycles. The van der Waals surface area contributed by atoms with Gasteiger partial charge in [-0.1, -0.05) is 20.3 Å². The van der Waals surface area contributed by atoms with E-state index in [9.17, 15) is 4.79 Å². The second-order valence-corrected chi connectivity index (χ2v) is 2.07. The van der Waals surface area contributed by atoms with Crippen LogP contribution >= 0.6 is 0 Å². The Bertz CT molecular complexity index is 86.5. The molecule has 0 rings (SSSR count). The molecule has 0 aliphatic carbocycles. The third kappa shape index (κ3) is 26.6. The van der Waals surface area contributed by atoms with Crippen molar-refractivity contribution in [2.24, 2.45) is 5.73 Å². The normalized spacial score (nSPS) is 8.27. The molecular formula is C7H18N2O2. The van der Waals surface area contributed by atoms with Crippen molar-refractivity contribution in [1.82, 2.24) is 5.32 Å². The maximum Gasteiger partial charge on any atom is 0.317 e. The third-order valence-corrected chi connectivity index (χ3v) is 0.597. The highest BCUT2D eigenvalue weighted by Gasteiger charge is 1.90. The quantitative estimate of drug-likeness (QED) is 0.510. The Labute approximate surface area is 67.8 Å². The van der Waals surface area contributed by atoms with Crippen molar-refractivity contribution in [2.45, 2.75) is 20.3 Å². The first-order valence-electron chi connectivity index (χ1n) is 3.81. The Morgan fingerprint density at radius 3 is 2.27 bits per heavy atom. The van der Waals surface area contributed by atoms with Gasteiger partial charge >= 0.3 is 5.97 Å². The maximum absolute atomic E-state index is 9.77. The molecule has 0 radical (unpaired) electrons. The zero-order valence-electron chi connectivity index (χ0n) is 7.26. The number of carboxylic acids is 1. The van der Waals surface area contributed by atoms with Gasteiger partial charge in [0.15, 0.2) is 0 Å². The van der Waals surface area contributed by atoms with E-state index < -0.39 is 5.97 Å². The minimum absolute atomic E-state index is 0.00278. The number of hydrogen-bond acceptors (Lipinski definition) is 3. The highest BCUT2D eigenvalue weighted by molar-refractivity contribution is 5.68. The van der Waals surface area contributed by atoms with Gasteiger partial charge in [-0.05, 0) is 0 Å². The number of nitrogens with one attached hydrogen (secondary N) is 1. The van der Waals surface area contributed by atoms with Gasteiger partial charge in [-0.25, -0.2) is 0 Å². The predicted octanol–water partition coefficient (Wildman–Crippen LogP) is 0.0356. The highest BCUT2D eigenvalue weighted by atomic mass is 16.4. The van der Waals surface area contributed by atoms with Gasteiger partial charge in [-0.15, -0.1) is 0 Å². The Morgan fingerprint density at radius 1 is 1.55 bits per heavy atom. The zero-order valence-corrected chi connectivity index (χ0v) is 7.26. The van der Waals surface area contributed by atoms with E-state index in [4.69, 9.17) is 10.8 Å². The zero-order chi connectivity index (χ0) is 9.11. The van der Waals surface area contributed by atoms with Crippen LogP contribution in [0.4, 0.5) is 0 Å². The summed E-state index contributed by atoms with van der Waals surface area (Å²) >= 11 is 0. The van der Waals surface area contributed by atoms with Crippen molar-refractivity contribution in [3.63, 3.8) is 0 Å². The molecule has 0 fully saturated rings. The molecule has 0 aromatic carbocycles. The van der Waals surface area contributed by atoms with Gasteiger partial charge < -0.3 is 16.2 Å². The standard InChI is InChI=1S/C4H10N2O2.C3H8/c5-1-2-6-3-4(7)8;1-3-2/h6H,1-3,5H2,(H,7,8);3H2,1-2H3. The van der Waals surface area contributed by atoms with Crippen LogP contribution in [0.25, 0.3) is 0 Å². The van der Waals surface area contributed by atoms with Crippen LogP contribution in [-0.2, 0) is 4.79 Å². The fourth-order valence-corrected chi connectivity index (χ4v) is 0.297. The second-order valence-electron chi connectivity index (χ2n) is 2.07. The van der Waals surface area contributed by atoms with Crippen LogP contribution in [0.1, 0.15) is 20.3 Å². The van der Waals surface area contributed by atoms with Crippen molar-refractivity contribution >= 4 is 5.97 Å². The SMILES string of the molecule is CCC.NCCNCC(=O)O. The molecule has 0 bridgehead atoms. The maximum atomic E-state index is 9.77. The number of hydrogen-bond donors (Lipinski definition) is 3. The van der Waals surface area contributed by atoms with E-state index in [0.29, 0.717) is 13.1 Å². The summed E-state index contributed by atoms with van der Waals surface area (Å²) in [6, 6.07) is 0. The second kappa shape index (κ2) is 12.1. The lowest BCUT2D eigenvalue weighted by molar-refractivity contribution is -0.135. The summed E-state index contributed by atoms with van der Waals surface area (Å²) in [5.74, 6) is -0.849. The van der Waals surface area contributed by atoms with E-state index in [2.05, 4.69) is 19.2 Å². The lowest BCUT2D eigenvalue weighted by atomic mass is 10.6. The minimum Gasteiger partial charge on any atom is -0.480 e. The fourth-order valence-electron chi connectivity index (χ4n) is 0.297. The number of rotatable bonds is 4. The van der Waals surface area contributed by atoms with Crippen LogP contribution < -0.4 is 11.1 Å². The van der Waals surface area contributed by atoms with E-state index in [1.165, 1.54) is 6.42 Å². The van der Waals surface area contributed by atoms with Crippen LogP contribution in [0.15, 0.2) is 0 Å². The van der Waals surface area contributed by atoms with E-state index in [1.807, 2.05) is 0 Å². The number of aliphatic carboxylic acids is 1.